The van der Waals surface area contributed by atoms with E-state index in [-0.39, 0.29) is 36.4 Å². The zero-order valence-electron chi connectivity index (χ0n) is 20.6. The van der Waals surface area contributed by atoms with Gasteiger partial charge < -0.3 is 15.1 Å². The van der Waals surface area contributed by atoms with E-state index in [1.807, 2.05) is 35.2 Å². The van der Waals surface area contributed by atoms with Crippen LogP contribution in [0.25, 0.3) is 0 Å². The van der Waals surface area contributed by atoms with Gasteiger partial charge in [-0.05, 0) is 61.8 Å². The maximum atomic E-state index is 14.0. The Hall–Kier alpha value is -2.94. The number of anilines is 1. The molecular formula is C28H31F3N4O2. The fourth-order valence-corrected chi connectivity index (χ4v) is 7.17. The summed E-state index contributed by atoms with van der Waals surface area (Å²) in [5.74, 6) is 0.371. The van der Waals surface area contributed by atoms with Crippen molar-refractivity contribution in [3.8, 4) is 0 Å². The number of rotatable bonds is 4. The average molecular weight is 513 g/mol. The molecule has 1 aromatic heterocycles. The lowest BCUT2D eigenvalue weighted by Gasteiger charge is -2.37. The second-order valence-electron chi connectivity index (χ2n) is 11.0. The molecule has 6 rings (SSSR count). The Morgan fingerprint density at radius 2 is 1.95 bits per heavy atom. The minimum atomic E-state index is -4.46. The molecule has 2 amide bonds. The Balaban J connectivity index is 1.15. The van der Waals surface area contributed by atoms with E-state index in [1.165, 1.54) is 0 Å². The summed E-state index contributed by atoms with van der Waals surface area (Å²) in [5.41, 5.74) is 0.774. The van der Waals surface area contributed by atoms with Crippen molar-refractivity contribution in [2.75, 3.05) is 18.0 Å². The van der Waals surface area contributed by atoms with E-state index in [0.29, 0.717) is 37.2 Å². The maximum Gasteiger partial charge on any atom is 0.417 e. The minimum Gasteiger partial charge on any atom is -0.337 e. The van der Waals surface area contributed by atoms with E-state index in [0.717, 1.165) is 50.1 Å². The van der Waals surface area contributed by atoms with Crippen LogP contribution in [0.1, 0.15) is 55.3 Å². The molecule has 4 aliphatic rings. The van der Waals surface area contributed by atoms with Gasteiger partial charge in [0.2, 0.25) is 11.8 Å². The summed E-state index contributed by atoms with van der Waals surface area (Å²) in [4.78, 5) is 34.7. The van der Waals surface area contributed by atoms with E-state index < -0.39 is 17.2 Å². The SMILES string of the molecule is O=C1C(N[C@@H]2C[C@H]3CCC[C@@]3(C(=O)N3CCc4ncc(C(F)(F)F)cc4C3)C2)CCN1c1ccccc1. The summed E-state index contributed by atoms with van der Waals surface area (Å²) in [6.45, 7) is 1.32. The van der Waals surface area contributed by atoms with Crippen LogP contribution in [0, 0.1) is 11.3 Å². The molecule has 0 bridgehead atoms. The fraction of sp³-hybridized carbons (Fsp3) is 0.536. The highest BCUT2D eigenvalue weighted by molar-refractivity contribution is 5.99. The van der Waals surface area contributed by atoms with Gasteiger partial charge in [0.1, 0.15) is 0 Å². The van der Waals surface area contributed by atoms with Crippen molar-refractivity contribution in [2.24, 2.45) is 11.3 Å². The number of nitrogens with zero attached hydrogens (tertiary/aromatic N) is 3. The second-order valence-corrected chi connectivity index (χ2v) is 11.0. The van der Waals surface area contributed by atoms with Gasteiger partial charge in [-0.25, -0.2) is 0 Å². The van der Waals surface area contributed by atoms with Gasteiger partial charge in [0.15, 0.2) is 0 Å². The lowest BCUT2D eigenvalue weighted by atomic mass is 9.78. The molecule has 1 aromatic carbocycles. The summed E-state index contributed by atoms with van der Waals surface area (Å²) in [5, 5.41) is 3.58. The highest BCUT2D eigenvalue weighted by Gasteiger charge is 2.56. The molecule has 2 aliphatic carbocycles. The normalized spacial score (nSPS) is 29.5. The van der Waals surface area contributed by atoms with Gasteiger partial charge in [-0.15, -0.1) is 0 Å². The zero-order chi connectivity index (χ0) is 25.8. The van der Waals surface area contributed by atoms with Crippen LogP contribution in [0.2, 0.25) is 0 Å². The van der Waals surface area contributed by atoms with Crippen molar-refractivity contribution in [3.05, 3.63) is 59.4 Å². The van der Waals surface area contributed by atoms with Crippen molar-refractivity contribution in [2.45, 2.75) is 69.8 Å². The third kappa shape index (κ3) is 4.31. The fourth-order valence-electron chi connectivity index (χ4n) is 7.17. The third-order valence-corrected chi connectivity index (χ3v) is 8.93. The maximum absolute atomic E-state index is 14.0. The minimum absolute atomic E-state index is 0.0611. The first-order valence-electron chi connectivity index (χ1n) is 13.2. The number of nitrogens with one attached hydrogen (secondary N) is 1. The number of fused-ring (bicyclic) bond motifs is 2. The molecule has 4 atom stereocenters. The van der Waals surface area contributed by atoms with Gasteiger partial charge in [0.25, 0.3) is 0 Å². The molecule has 196 valence electrons. The number of benzene rings is 1. The Bertz CT molecular complexity index is 1200. The Kier molecular flexibility index (Phi) is 6.01. The number of hydrogen-bond donors (Lipinski definition) is 1. The summed E-state index contributed by atoms with van der Waals surface area (Å²) in [7, 11) is 0. The molecule has 2 saturated carbocycles. The number of pyridine rings is 1. The van der Waals surface area contributed by atoms with Crippen LogP contribution >= 0.6 is 0 Å². The monoisotopic (exact) mass is 512 g/mol. The Morgan fingerprint density at radius 3 is 2.73 bits per heavy atom. The van der Waals surface area contributed by atoms with E-state index in [1.54, 1.807) is 4.90 Å². The molecule has 2 aliphatic heterocycles. The Labute approximate surface area is 214 Å². The van der Waals surface area contributed by atoms with E-state index in [9.17, 15) is 22.8 Å². The molecule has 3 heterocycles. The van der Waals surface area contributed by atoms with Gasteiger partial charge in [0, 0.05) is 49.7 Å². The van der Waals surface area contributed by atoms with Gasteiger partial charge in [-0.3, -0.25) is 14.6 Å². The summed E-state index contributed by atoms with van der Waals surface area (Å²) >= 11 is 0. The van der Waals surface area contributed by atoms with E-state index >= 15 is 0 Å². The van der Waals surface area contributed by atoms with E-state index in [2.05, 4.69) is 10.3 Å². The van der Waals surface area contributed by atoms with Gasteiger partial charge >= 0.3 is 6.18 Å². The largest absolute Gasteiger partial charge is 0.417 e. The lowest BCUT2D eigenvalue weighted by Crippen LogP contribution is -2.47. The topological polar surface area (TPSA) is 65.5 Å². The first-order valence-corrected chi connectivity index (χ1v) is 13.2. The first-order chi connectivity index (χ1) is 17.7. The molecular weight excluding hydrogens is 481 g/mol. The van der Waals surface area contributed by atoms with Crippen LogP contribution in [-0.2, 0) is 28.7 Å². The highest BCUT2D eigenvalue weighted by atomic mass is 19.4. The molecule has 9 heteroatoms. The predicted molar refractivity (Wildman–Crippen MR) is 131 cm³/mol. The molecule has 2 aromatic rings. The predicted octanol–water partition coefficient (Wildman–Crippen LogP) is 4.33. The summed E-state index contributed by atoms with van der Waals surface area (Å²) in [6, 6.07) is 10.6. The summed E-state index contributed by atoms with van der Waals surface area (Å²) < 4.78 is 39.7. The number of para-hydroxylation sites is 1. The van der Waals surface area contributed by atoms with Gasteiger partial charge in [-0.1, -0.05) is 24.6 Å². The zero-order valence-corrected chi connectivity index (χ0v) is 20.6. The average Bonchev–Trinajstić information content (AvgIpc) is 3.56. The smallest absolute Gasteiger partial charge is 0.337 e. The molecule has 0 spiro atoms. The molecule has 1 unspecified atom stereocenters. The number of carbonyl (C=O) groups excluding carboxylic acids is 2. The third-order valence-electron chi connectivity index (χ3n) is 8.93. The number of hydrogen-bond acceptors (Lipinski definition) is 4. The summed E-state index contributed by atoms with van der Waals surface area (Å²) in [6.07, 6.45) is 1.91. The molecule has 37 heavy (non-hydrogen) atoms. The van der Waals surface area contributed by atoms with Crippen LogP contribution in [-0.4, -0.2) is 46.9 Å². The van der Waals surface area contributed by atoms with Crippen molar-refractivity contribution in [1.29, 1.82) is 0 Å². The van der Waals surface area contributed by atoms with Crippen LogP contribution in [0.3, 0.4) is 0 Å². The lowest BCUT2D eigenvalue weighted by molar-refractivity contribution is -0.144. The molecule has 1 saturated heterocycles. The molecule has 3 fully saturated rings. The van der Waals surface area contributed by atoms with Crippen molar-refractivity contribution in [3.63, 3.8) is 0 Å². The quantitative estimate of drug-likeness (QED) is 0.663. The molecule has 6 nitrogen and oxygen atoms in total. The van der Waals surface area contributed by atoms with Crippen LogP contribution < -0.4 is 10.2 Å². The standard InChI is InChI=1S/C28H31F3N4O2/c29-28(30,31)20-13-18-17-34(11-8-23(18)32-16-20)26(37)27-10-4-5-19(27)14-21(15-27)33-24-9-12-35(25(24)36)22-6-2-1-3-7-22/h1-3,6-7,13,16,19,21,24,33H,4-5,8-12,14-15,17H2/t19-,21-,24?,27-/m1/s1. The number of aromatic nitrogens is 1. The van der Waals surface area contributed by atoms with Gasteiger partial charge in [0.05, 0.1) is 17.0 Å². The molecule has 1 N–H and O–H groups in total. The van der Waals surface area contributed by atoms with Crippen molar-refractivity contribution in [1.82, 2.24) is 15.2 Å². The van der Waals surface area contributed by atoms with Crippen molar-refractivity contribution >= 4 is 17.5 Å². The number of halogens is 3. The van der Waals surface area contributed by atoms with Crippen LogP contribution in [0.15, 0.2) is 42.6 Å². The van der Waals surface area contributed by atoms with Crippen molar-refractivity contribution < 1.29 is 22.8 Å². The first kappa shape index (κ1) is 24.4. The number of carbonyl (C=O) groups is 2. The van der Waals surface area contributed by atoms with E-state index in [4.69, 9.17) is 0 Å². The second kappa shape index (κ2) is 9.11. The van der Waals surface area contributed by atoms with Gasteiger partial charge in [-0.2, -0.15) is 13.2 Å². The van der Waals surface area contributed by atoms with Crippen LogP contribution in [0.5, 0.6) is 0 Å². The number of alkyl halides is 3. The molecule has 0 radical (unpaired) electrons. The Morgan fingerprint density at radius 1 is 1.14 bits per heavy atom. The van der Waals surface area contributed by atoms with Crippen LogP contribution in [0.4, 0.5) is 18.9 Å². The number of amides is 2. The highest BCUT2D eigenvalue weighted by Crippen LogP contribution is 2.55.